The van der Waals surface area contributed by atoms with Crippen LogP contribution < -0.4 is 4.74 Å². The Balaban J connectivity index is 1.85. The highest BCUT2D eigenvalue weighted by Gasteiger charge is 2.36. The van der Waals surface area contributed by atoms with Crippen molar-refractivity contribution < 1.29 is 9.84 Å². The normalized spacial score (nSPS) is 30.0. The molecule has 0 radical (unpaired) electrons. The lowest BCUT2D eigenvalue weighted by atomic mass is 9.90. The van der Waals surface area contributed by atoms with E-state index >= 15 is 0 Å². The first-order valence-electron chi connectivity index (χ1n) is 8.25. The number of piperidine rings is 1. The molecule has 2 heterocycles. The van der Waals surface area contributed by atoms with Gasteiger partial charge in [-0.1, -0.05) is 39.0 Å². The predicted octanol–water partition coefficient (Wildman–Crippen LogP) is 3.34. The Kier molecular flexibility index (Phi) is 4.23. The van der Waals surface area contributed by atoms with Crippen molar-refractivity contribution in [1.82, 2.24) is 4.90 Å². The molecule has 3 heteroatoms. The first kappa shape index (κ1) is 14.9. The van der Waals surface area contributed by atoms with E-state index < -0.39 is 6.10 Å². The monoisotopic (exact) mass is 289 g/mol. The molecule has 2 aliphatic heterocycles. The summed E-state index contributed by atoms with van der Waals surface area (Å²) in [6.07, 6.45) is 2.09. The van der Waals surface area contributed by atoms with Gasteiger partial charge in [-0.2, -0.15) is 0 Å². The maximum atomic E-state index is 10.8. The van der Waals surface area contributed by atoms with E-state index in [1.807, 2.05) is 12.1 Å². The number of aliphatic hydroxyl groups excluding tert-OH is 1. The molecule has 3 atom stereocenters. The molecule has 0 saturated carbocycles. The highest BCUT2D eigenvalue weighted by Crippen LogP contribution is 2.40. The zero-order valence-electron chi connectivity index (χ0n) is 13.4. The van der Waals surface area contributed by atoms with Gasteiger partial charge in [-0.25, -0.2) is 0 Å². The molecule has 3 rings (SSSR count). The first-order chi connectivity index (χ1) is 10.1. The van der Waals surface area contributed by atoms with Crippen LogP contribution in [0.2, 0.25) is 0 Å². The summed E-state index contributed by atoms with van der Waals surface area (Å²) in [5.41, 5.74) is 2.17. The van der Waals surface area contributed by atoms with Crippen LogP contribution >= 0.6 is 0 Å². The molecular weight excluding hydrogens is 262 g/mol. The number of ether oxygens (including phenoxy) is 1. The summed E-state index contributed by atoms with van der Waals surface area (Å²) < 4.78 is 6.09. The molecule has 0 bridgehead atoms. The fourth-order valence-electron chi connectivity index (χ4n) is 3.73. The van der Waals surface area contributed by atoms with Crippen LogP contribution in [0.1, 0.15) is 56.8 Å². The van der Waals surface area contributed by atoms with Crippen LogP contribution in [0, 0.1) is 5.92 Å². The van der Waals surface area contributed by atoms with E-state index in [0.717, 1.165) is 24.4 Å². The van der Waals surface area contributed by atoms with Gasteiger partial charge >= 0.3 is 0 Å². The molecule has 1 N–H and O–H groups in total. The number of fused-ring (bicyclic) bond motifs is 1. The van der Waals surface area contributed by atoms with Crippen molar-refractivity contribution in [3.05, 3.63) is 29.3 Å². The van der Waals surface area contributed by atoms with E-state index in [1.54, 1.807) is 0 Å². The van der Waals surface area contributed by atoms with E-state index in [-0.39, 0.29) is 6.04 Å². The molecule has 2 aliphatic rings. The Hall–Kier alpha value is -1.06. The number of nitrogens with zero attached hydrogens (tertiary/aromatic N) is 1. The molecule has 3 nitrogen and oxygen atoms in total. The van der Waals surface area contributed by atoms with Crippen molar-refractivity contribution in [3.8, 4) is 5.75 Å². The summed E-state index contributed by atoms with van der Waals surface area (Å²) >= 11 is 0. The first-order valence-corrected chi connectivity index (χ1v) is 8.25. The second-order valence-corrected chi connectivity index (χ2v) is 6.99. The lowest BCUT2D eigenvalue weighted by molar-refractivity contribution is -0.0130. The fourth-order valence-corrected chi connectivity index (χ4v) is 3.73. The van der Waals surface area contributed by atoms with Gasteiger partial charge in [0.1, 0.15) is 18.5 Å². The van der Waals surface area contributed by atoms with E-state index in [1.165, 1.54) is 18.4 Å². The molecule has 3 unspecified atom stereocenters. The Morgan fingerprint density at radius 2 is 2.14 bits per heavy atom. The standard InChI is InChI=1S/C18H27NO2/c1-12(2)14-7-4-8-15-17(20)16(11-21-18(14)15)19-9-5-6-13(3)10-19/h4,7-8,12-13,16-17,20H,5-6,9-11H2,1-3H3. The molecule has 1 fully saturated rings. The van der Waals surface area contributed by atoms with Gasteiger partial charge in [0.05, 0.1) is 6.04 Å². The van der Waals surface area contributed by atoms with E-state index in [9.17, 15) is 5.11 Å². The van der Waals surface area contributed by atoms with E-state index in [2.05, 4.69) is 31.7 Å². The SMILES string of the molecule is CC1CCCN(C2COc3c(C(C)C)cccc3C2O)C1. The van der Waals surface area contributed by atoms with Gasteiger partial charge in [-0.3, -0.25) is 4.90 Å². The molecular formula is C18H27NO2. The zero-order valence-corrected chi connectivity index (χ0v) is 13.4. The van der Waals surface area contributed by atoms with Crippen LogP contribution in [0.25, 0.3) is 0 Å². The summed E-state index contributed by atoms with van der Waals surface area (Å²) in [5.74, 6) is 2.05. The number of hydrogen-bond donors (Lipinski definition) is 1. The third kappa shape index (κ3) is 2.82. The van der Waals surface area contributed by atoms with E-state index in [4.69, 9.17) is 4.74 Å². The molecule has 116 valence electrons. The van der Waals surface area contributed by atoms with Crippen LogP contribution in [0.5, 0.6) is 5.75 Å². The predicted molar refractivity (Wildman–Crippen MR) is 84.7 cm³/mol. The molecule has 0 aliphatic carbocycles. The van der Waals surface area contributed by atoms with Crippen LogP contribution in [0.3, 0.4) is 0 Å². The third-order valence-corrected chi connectivity index (χ3v) is 4.94. The lowest BCUT2D eigenvalue weighted by Gasteiger charge is -2.42. The minimum absolute atomic E-state index is 0.0997. The number of likely N-dealkylation sites (tertiary alicyclic amines) is 1. The average Bonchev–Trinajstić information content (AvgIpc) is 2.47. The number of hydrogen-bond acceptors (Lipinski definition) is 3. The topological polar surface area (TPSA) is 32.7 Å². The second kappa shape index (κ2) is 5.98. The smallest absolute Gasteiger partial charge is 0.128 e. The molecule has 21 heavy (non-hydrogen) atoms. The molecule has 1 saturated heterocycles. The van der Waals surface area contributed by atoms with Gasteiger partial charge in [0.25, 0.3) is 0 Å². The second-order valence-electron chi connectivity index (χ2n) is 6.99. The van der Waals surface area contributed by atoms with Crippen molar-refractivity contribution in [2.24, 2.45) is 5.92 Å². The van der Waals surface area contributed by atoms with Gasteiger partial charge < -0.3 is 9.84 Å². The molecule has 0 spiro atoms. The molecule has 0 aromatic heterocycles. The van der Waals surface area contributed by atoms with Crippen molar-refractivity contribution in [1.29, 1.82) is 0 Å². The number of aliphatic hydroxyl groups is 1. The van der Waals surface area contributed by atoms with Crippen LogP contribution in [0.15, 0.2) is 18.2 Å². The largest absolute Gasteiger partial charge is 0.491 e. The highest BCUT2D eigenvalue weighted by atomic mass is 16.5. The summed E-state index contributed by atoms with van der Waals surface area (Å²) in [5, 5.41) is 10.8. The van der Waals surface area contributed by atoms with Gasteiger partial charge in [0, 0.05) is 12.1 Å². The lowest BCUT2D eigenvalue weighted by Crippen LogP contribution is -2.49. The average molecular weight is 289 g/mol. The fraction of sp³-hybridized carbons (Fsp3) is 0.667. The van der Waals surface area contributed by atoms with Crippen LogP contribution in [-0.4, -0.2) is 35.7 Å². The Morgan fingerprint density at radius 3 is 2.86 bits per heavy atom. The van der Waals surface area contributed by atoms with Gasteiger partial charge in [0.2, 0.25) is 0 Å². The van der Waals surface area contributed by atoms with Crippen molar-refractivity contribution in [3.63, 3.8) is 0 Å². The maximum absolute atomic E-state index is 10.8. The molecule has 0 amide bonds. The summed E-state index contributed by atoms with van der Waals surface area (Å²) in [7, 11) is 0. The number of benzene rings is 1. The van der Waals surface area contributed by atoms with Crippen molar-refractivity contribution in [2.75, 3.05) is 19.7 Å². The third-order valence-electron chi connectivity index (χ3n) is 4.94. The van der Waals surface area contributed by atoms with Crippen molar-refractivity contribution in [2.45, 2.75) is 51.7 Å². The molecule has 1 aromatic rings. The van der Waals surface area contributed by atoms with Crippen LogP contribution in [0.4, 0.5) is 0 Å². The van der Waals surface area contributed by atoms with Gasteiger partial charge in [-0.15, -0.1) is 0 Å². The number of para-hydroxylation sites is 1. The number of rotatable bonds is 2. The molecule has 1 aromatic carbocycles. The summed E-state index contributed by atoms with van der Waals surface area (Å²) in [6.45, 7) is 9.39. The Bertz CT molecular complexity index is 500. The van der Waals surface area contributed by atoms with Crippen molar-refractivity contribution >= 4 is 0 Å². The van der Waals surface area contributed by atoms with Gasteiger partial charge in [0.15, 0.2) is 0 Å². The highest BCUT2D eigenvalue weighted by molar-refractivity contribution is 5.46. The van der Waals surface area contributed by atoms with Gasteiger partial charge in [-0.05, 0) is 36.8 Å². The summed E-state index contributed by atoms with van der Waals surface area (Å²) in [6, 6.07) is 6.27. The minimum Gasteiger partial charge on any atom is -0.491 e. The van der Waals surface area contributed by atoms with E-state index in [0.29, 0.717) is 18.4 Å². The van der Waals surface area contributed by atoms with Crippen LogP contribution in [-0.2, 0) is 0 Å². The Labute approximate surface area is 127 Å². The maximum Gasteiger partial charge on any atom is 0.128 e. The quantitative estimate of drug-likeness (QED) is 0.906. The zero-order chi connectivity index (χ0) is 15.0. The summed E-state index contributed by atoms with van der Waals surface area (Å²) in [4.78, 5) is 2.42. The Morgan fingerprint density at radius 1 is 1.33 bits per heavy atom. The minimum atomic E-state index is -0.433.